The number of fused-ring (bicyclic) bond motifs is 1. The van der Waals surface area contributed by atoms with E-state index in [2.05, 4.69) is 67.5 Å². The summed E-state index contributed by atoms with van der Waals surface area (Å²) in [6, 6.07) is 24.9. The Morgan fingerprint density at radius 2 is 1.48 bits per heavy atom. The summed E-state index contributed by atoms with van der Waals surface area (Å²) in [6.45, 7) is 1.06. The Hall–Kier alpha value is -2.98. The van der Waals surface area contributed by atoms with Gasteiger partial charge in [0.15, 0.2) is 5.65 Å². The number of aryl methyl sites for hydroxylation is 1. The SMILES string of the molecule is CN(C)CCCc1ccc2nc(-c3ccccc3)c(-c3ccccc3)n2n1. The lowest BCUT2D eigenvalue weighted by molar-refractivity contribution is 0.399. The molecule has 0 radical (unpaired) electrons. The molecule has 4 rings (SSSR count). The average Bonchev–Trinajstić information content (AvgIpc) is 3.08. The van der Waals surface area contributed by atoms with Gasteiger partial charge in [0.1, 0.15) is 5.69 Å². The Morgan fingerprint density at radius 1 is 0.815 bits per heavy atom. The minimum Gasteiger partial charge on any atom is -0.309 e. The highest BCUT2D eigenvalue weighted by molar-refractivity contribution is 5.81. The topological polar surface area (TPSA) is 33.4 Å². The molecule has 2 aromatic heterocycles. The summed E-state index contributed by atoms with van der Waals surface area (Å²) in [5.41, 5.74) is 6.23. The third kappa shape index (κ3) is 3.76. The molecule has 0 bridgehead atoms. The molecular weight excluding hydrogens is 332 g/mol. The van der Waals surface area contributed by atoms with E-state index in [1.165, 1.54) is 0 Å². The van der Waals surface area contributed by atoms with Gasteiger partial charge in [0.25, 0.3) is 0 Å². The molecule has 4 nitrogen and oxygen atoms in total. The van der Waals surface area contributed by atoms with E-state index in [9.17, 15) is 0 Å². The van der Waals surface area contributed by atoms with E-state index in [4.69, 9.17) is 10.1 Å². The van der Waals surface area contributed by atoms with Crippen molar-refractivity contribution < 1.29 is 0 Å². The number of imidazole rings is 1. The second-order valence-electron chi connectivity index (χ2n) is 7.04. The first-order chi connectivity index (χ1) is 13.2. The van der Waals surface area contributed by atoms with Crippen LogP contribution in [0.3, 0.4) is 0 Å². The van der Waals surface area contributed by atoms with Crippen LogP contribution in [-0.2, 0) is 6.42 Å². The van der Waals surface area contributed by atoms with Crippen LogP contribution < -0.4 is 0 Å². The van der Waals surface area contributed by atoms with Crippen LogP contribution in [0.25, 0.3) is 28.2 Å². The fourth-order valence-corrected chi connectivity index (χ4v) is 3.33. The predicted octanol–water partition coefficient (Wildman–Crippen LogP) is 4.56. The second kappa shape index (κ2) is 7.72. The number of hydrogen-bond acceptors (Lipinski definition) is 3. The van der Waals surface area contributed by atoms with Crippen molar-refractivity contribution in [1.29, 1.82) is 0 Å². The lowest BCUT2D eigenvalue weighted by Gasteiger charge is -2.09. The van der Waals surface area contributed by atoms with E-state index in [1.807, 2.05) is 28.8 Å². The van der Waals surface area contributed by atoms with E-state index in [-0.39, 0.29) is 0 Å². The van der Waals surface area contributed by atoms with Crippen molar-refractivity contribution in [2.24, 2.45) is 0 Å². The standard InChI is InChI=1S/C23H24N4/c1-26(2)17-9-14-20-15-16-21-24-22(18-10-5-3-6-11-18)23(27(21)25-20)19-12-7-4-8-13-19/h3-8,10-13,15-16H,9,14,17H2,1-2H3. The summed E-state index contributed by atoms with van der Waals surface area (Å²) in [4.78, 5) is 7.11. The number of nitrogens with zero attached hydrogens (tertiary/aromatic N) is 4. The van der Waals surface area contributed by atoms with Crippen LogP contribution in [0.1, 0.15) is 12.1 Å². The fraction of sp³-hybridized carbons (Fsp3) is 0.217. The Morgan fingerprint density at radius 3 is 2.15 bits per heavy atom. The first-order valence-corrected chi connectivity index (χ1v) is 9.36. The Kier molecular flexibility index (Phi) is 4.99. The maximum Gasteiger partial charge on any atom is 0.154 e. The van der Waals surface area contributed by atoms with Crippen LogP contribution in [-0.4, -0.2) is 40.1 Å². The van der Waals surface area contributed by atoms with E-state index in [1.54, 1.807) is 0 Å². The van der Waals surface area contributed by atoms with Crippen LogP contribution >= 0.6 is 0 Å². The van der Waals surface area contributed by atoms with Gasteiger partial charge in [-0.05, 0) is 45.6 Å². The number of hydrogen-bond donors (Lipinski definition) is 0. The van der Waals surface area contributed by atoms with Gasteiger partial charge in [0.05, 0.1) is 11.4 Å². The maximum absolute atomic E-state index is 4.93. The van der Waals surface area contributed by atoms with Gasteiger partial charge in [0, 0.05) is 11.1 Å². The van der Waals surface area contributed by atoms with Gasteiger partial charge < -0.3 is 4.90 Å². The molecule has 4 heteroatoms. The fourth-order valence-electron chi connectivity index (χ4n) is 3.33. The molecule has 0 saturated carbocycles. The number of benzene rings is 2. The van der Waals surface area contributed by atoms with Crippen LogP contribution in [0.4, 0.5) is 0 Å². The van der Waals surface area contributed by atoms with E-state index in [0.29, 0.717) is 0 Å². The summed E-state index contributed by atoms with van der Waals surface area (Å²) in [6.07, 6.45) is 2.05. The Balaban J connectivity index is 1.83. The lowest BCUT2D eigenvalue weighted by Crippen LogP contribution is -2.14. The van der Waals surface area contributed by atoms with E-state index >= 15 is 0 Å². The average molecular weight is 356 g/mol. The zero-order valence-electron chi connectivity index (χ0n) is 15.8. The molecule has 0 saturated heterocycles. The second-order valence-corrected chi connectivity index (χ2v) is 7.04. The minimum absolute atomic E-state index is 0.879. The largest absolute Gasteiger partial charge is 0.309 e. The van der Waals surface area contributed by atoms with Gasteiger partial charge in [-0.1, -0.05) is 60.7 Å². The highest BCUT2D eigenvalue weighted by Crippen LogP contribution is 2.32. The van der Waals surface area contributed by atoms with Crippen LogP contribution in [0.15, 0.2) is 72.8 Å². The van der Waals surface area contributed by atoms with Crippen molar-refractivity contribution in [3.8, 4) is 22.5 Å². The summed E-state index contributed by atoms with van der Waals surface area (Å²) in [5, 5.41) is 4.93. The number of aromatic nitrogens is 3. The van der Waals surface area contributed by atoms with Crippen LogP contribution in [0.2, 0.25) is 0 Å². The third-order valence-corrected chi connectivity index (χ3v) is 4.67. The molecular formula is C23H24N4. The van der Waals surface area contributed by atoms with E-state index < -0.39 is 0 Å². The van der Waals surface area contributed by atoms with Crippen molar-refractivity contribution in [3.63, 3.8) is 0 Å². The summed E-state index contributed by atoms with van der Waals surface area (Å²) < 4.78 is 2.00. The normalized spacial score (nSPS) is 11.4. The molecule has 4 aromatic rings. The predicted molar refractivity (Wildman–Crippen MR) is 111 cm³/mol. The van der Waals surface area contributed by atoms with Crippen molar-refractivity contribution in [3.05, 3.63) is 78.5 Å². The van der Waals surface area contributed by atoms with Gasteiger partial charge in [-0.25, -0.2) is 9.50 Å². The summed E-state index contributed by atoms with van der Waals surface area (Å²) >= 11 is 0. The van der Waals surface area contributed by atoms with Gasteiger partial charge in [-0.3, -0.25) is 0 Å². The monoisotopic (exact) mass is 356 g/mol. The molecule has 0 unspecified atom stereocenters. The molecule has 0 spiro atoms. The molecule has 136 valence electrons. The Bertz CT molecular complexity index is 1020. The molecule has 2 aromatic carbocycles. The molecule has 27 heavy (non-hydrogen) atoms. The zero-order valence-corrected chi connectivity index (χ0v) is 15.8. The van der Waals surface area contributed by atoms with Crippen molar-refractivity contribution in [1.82, 2.24) is 19.5 Å². The molecule has 0 atom stereocenters. The molecule has 0 N–H and O–H groups in total. The molecule has 0 aliphatic carbocycles. The zero-order chi connectivity index (χ0) is 18.6. The lowest BCUT2D eigenvalue weighted by atomic mass is 10.1. The molecule has 2 heterocycles. The van der Waals surface area contributed by atoms with Gasteiger partial charge in [0.2, 0.25) is 0 Å². The quantitative estimate of drug-likeness (QED) is 0.508. The molecule has 0 amide bonds. The maximum atomic E-state index is 4.93. The molecule has 0 aliphatic rings. The highest BCUT2D eigenvalue weighted by atomic mass is 15.3. The molecule has 0 fully saturated rings. The minimum atomic E-state index is 0.879. The number of rotatable bonds is 6. The third-order valence-electron chi connectivity index (χ3n) is 4.67. The van der Waals surface area contributed by atoms with Crippen LogP contribution in [0.5, 0.6) is 0 Å². The van der Waals surface area contributed by atoms with Crippen molar-refractivity contribution in [2.45, 2.75) is 12.8 Å². The van der Waals surface area contributed by atoms with Gasteiger partial charge in [-0.15, -0.1) is 0 Å². The first kappa shape index (κ1) is 17.4. The smallest absolute Gasteiger partial charge is 0.154 e. The van der Waals surface area contributed by atoms with Crippen molar-refractivity contribution in [2.75, 3.05) is 20.6 Å². The summed E-state index contributed by atoms with van der Waals surface area (Å²) in [5.74, 6) is 0. The van der Waals surface area contributed by atoms with Crippen molar-refractivity contribution >= 4 is 5.65 Å². The summed E-state index contributed by atoms with van der Waals surface area (Å²) in [7, 11) is 4.21. The van der Waals surface area contributed by atoms with Gasteiger partial charge in [-0.2, -0.15) is 5.10 Å². The highest BCUT2D eigenvalue weighted by Gasteiger charge is 2.17. The Labute approximate surface area is 160 Å². The van der Waals surface area contributed by atoms with E-state index in [0.717, 1.165) is 53.2 Å². The molecule has 0 aliphatic heterocycles. The van der Waals surface area contributed by atoms with Crippen LogP contribution in [0, 0.1) is 0 Å². The van der Waals surface area contributed by atoms with Gasteiger partial charge >= 0.3 is 0 Å². The first-order valence-electron chi connectivity index (χ1n) is 9.36.